The molecule has 102 valence electrons. The summed E-state index contributed by atoms with van der Waals surface area (Å²) in [5.74, 6) is 0.589. The molecule has 0 atom stereocenters. The normalized spacial score (nSPS) is 15.1. The molecule has 19 heavy (non-hydrogen) atoms. The van der Waals surface area contributed by atoms with Gasteiger partial charge >= 0.3 is 6.09 Å². The summed E-state index contributed by atoms with van der Waals surface area (Å²) >= 11 is 0. The van der Waals surface area contributed by atoms with Gasteiger partial charge in [-0.25, -0.2) is 4.79 Å². The van der Waals surface area contributed by atoms with Gasteiger partial charge in [0, 0.05) is 43.3 Å². The standard InChI is InChI=1S/C13H15N3O2.ClH/c17-13(16-7-5-14-6-8-16)18-11-1-2-12-10(9-11)3-4-15-12;/h1-4,9,14-15H,5-8H2;1H. The molecule has 2 heterocycles. The predicted octanol–water partition coefficient (Wildman–Crippen LogP) is 1.99. The number of aromatic amines is 1. The minimum Gasteiger partial charge on any atom is -0.410 e. The summed E-state index contributed by atoms with van der Waals surface area (Å²) < 4.78 is 5.38. The molecule has 1 aromatic heterocycles. The monoisotopic (exact) mass is 281 g/mol. The molecule has 1 saturated heterocycles. The number of hydrogen-bond donors (Lipinski definition) is 2. The van der Waals surface area contributed by atoms with Crippen LogP contribution in [0, 0.1) is 0 Å². The van der Waals surface area contributed by atoms with Gasteiger partial charge < -0.3 is 19.9 Å². The molecule has 0 spiro atoms. The van der Waals surface area contributed by atoms with Gasteiger partial charge in [-0.3, -0.25) is 0 Å². The van der Waals surface area contributed by atoms with Crippen molar-refractivity contribution in [2.45, 2.75) is 0 Å². The van der Waals surface area contributed by atoms with Crippen molar-refractivity contribution in [3.8, 4) is 5.75 Å². The van der Waals surface area contributed by atoms with Crippen molar-refractivity contribution in [1.29, 1.82) is 0 Å². The summed E-state index contributed by atoms with van der Waals surface area (Å²) in [4.78, 5) is 16.7. The average Bonchev–Trinajstić information content (AvgIpc) is 2.87. The van der Waals surface area contributed by atoms with Crippen LogP contribution in [0.3, 0.4) is 0 Å². The van der Waals surface area contributed by atoms with Crippen molar-refractivity contribution in [2.75, 3.05) is 26.2 Å². The van der Waals surface area contributed by atoms with Crippen LogP contribution in [0.25, 0.3) is 10.9 Å². The van der Waals surface area contributed by atoms with Crippen molar-refractivity contribution in [3.63, 3.8) is 0 Å². The number of piperazine rings is 1. The number of carbonyl (C=O) groups is 1. The zero-order chi connectivity index (χ0) is 12.4. The van der Waals surface area contributed by atoms with E-state index in [1.54, 1.807) is 11.0 Å². The Morgan fingerprint density at radius 3 is 2.79 bits per heavy atom. The number of rotatable bonds is 1. The Labute approximate surface area is 117 Å². The SMILES string of the molecule is Cl.O=C(Oc1ccc2[nH]ccc2c1)N1CCNCC1. The molecular formula is C13H16ClN3O2. The zero-order valence-electron chi connectivity index (χ0n) is 10.4. The van der Waals surface area contributed by atoms with Crippen LogP contribution in [0.15, 0.2) is 30.5 Å². The number of H-pyrrole nitrogens is 1. The third-order valence-electron chi connectivity index (χ3n) is 3.11. The van der Waals surface area contributed by atoms with E-state index in [2.05, 4.69) is 10.3 Å². The molecule has 3 rings (SSSR count). The number of halogens is 1. The number of amides is 1. The topological polar surface area (TPSA) is 57.4 Å². The highest BCUT2D eigenvalue weighted by atomic mass is 35.5. The van der Waals surface area contributed by atoms with Crippen molar-refractivity contribution in [1.82, 2.24) is 15.2 Å². The highest BCUT2D eigenvalue weighted by Gasteiger charge is 2.18. The largest absolute Gasteiger partial charge is 0.415 e. The Morgan fingerprint density at radius 2 is 2.00 bits per heavy atom. The molecule has 6 heteroatoms. The Morgan fingerprint density at radius 1 is 1.21 bits per heavy atom. The molecule has 1 aliphatic rings. The van der Waals surface area contributed by atoms with E-state index >= 15 is 0 Å². The van der Waals surface area contributed by atoms with Gasteiger partial charge in [0.25, 0.3) is 0 Å². The number of carbonyl (C=O) groups excluding carboxylic acids is 1. The van der Waals surface area contributed by atoms with Gasteiger partial charge in [-0.15, -0.1) is 12.4 Å². The van der Waals surface area contributed by atoms with Crippen LogP contribution in [0.2, 0.25) is 0 Å². The van der Waals surface area contributed by atoms with Crippen molar-refractivity contribution >= 4 is 29.4 Å². The number of aromatic nitrogens is 1. The summed E-state index contributed by atoms with van der Waals surface area (Å²) in [7, 11) is 0. The molecule has 5 nitrogen and oxygen atoms in total. The lowest BCUT2D eigenvalue weighted by molar-refractivity contribution is 0.146. The summed E-state index contributed by atoms with van der Waals surface area (Å²) in [5.41, 5.74) is 1.04. The van der Waals surface area contributed by atoms with E-state index in [4.69, 9.17) is 4.74 Å². The number of hydrogen-bond acceptors (Lipinski definition) is 3. The minimum absolute atomic E-state index is 0. The van der Waals surface area contributed by atoms with Gasteiger partial charge in [-0.2, -0.15) is 0 Å². The second kappa shape index (κ2) is 5.95. The number of ether oxygens (including phenoxy) is 1. The first-order valence-corrected chi connectivity index (χ1v) is 6.07. The Bertz CT molecular complexity index is 564. The summed E-state index contributed by atoms with van der Waals surface area (Å²) in [6.07, 6.45) is 1.60. The highest BCUT2D eigenvalue weighted by Crippen LogP contribution is 2.20. The lowest BCUT2D eigenvalue weighted by Crippen LogP contribution is -2.47. The van der Waals surface area contributed by atoms with E-state index < -0.39 is 0 Å². The second-order valence-electron chi connectivity index (χ2n) is 4.33. The average molecular weight is 282 g/mol. The van der Waals surface area contributed by atoms with E-state index in [0.29, 0.717) is 18.8 Å². The molecule has 0 unspecified atom stereocenters. The zero-order valence-corrected chi connectivity index (χ0v) is 11.2. The molecule has 2 N–H and O–H groups in total. The van der Waals surface area contributed by atoms with Crippen molar-refractivity contribution in [3.05, 3.63) is 30.5 Å². The maximum atomic E-state index is 11.9. The lowest BCUT2D eigenvalue weighted by Gasteiger charge is -2.26. The van der Waals surface area contributed by atoms with Crippen LogP contribution in [0.5, 0.6) is 5.75 Å². The van der Waals surface area contributed by atoms with Crippen LogP contribution in [-0.4, -0.2) is 42.2 Å². The van der Waals surface area contributed by atoms with E-state index in [1.807, 2.05) is 24.4 Å². The summed E-state index contributed by atoms with van der Waals surface area (Å²) in [6.45, 7) is 3.05. The fourth-order valence-electron chi connectivity index (χ4n) is 2.11. The van der Waals surface area contributed by atoms with Crippen LogP contribution in [0.1, 0.15) is 0 Å². The number of nitrogens with one attached hydrogen (secondary N) is 2. The molecule has 2 aromatic rings. The molecule has 1 amide bonds. The Kier molecular flexibility index (Phi) is 4.29. The molecule has 0 saturated carbocycles. The van der Waals surface area contributed by atoms with Crippen LogP contribution in [0.4, 0.5) is 4.79 Å². The lowest BCUT2D eigenvalue weighted by atomic mass is 10.2. The van der Waals surface area contributed by atoms with Crippen LogP contribution in [-0.2, 0) is 0 Å². The molecule has 0 bridgehead atoms. The molecular weight excluding hydrogens is 266 g/mol. The number of fused-ring (bicyclic) bond motifs is 1. The fraction of sp³-hybridized carbons (Fsp3) is 0.308. The van der Waals surface area contributed by atoms with Gasteiger partial charge in [0.1, 0.15) is 5.75 Å². The maximum absolute atomic E-state index is 11.9. The van der Waals surface area contributed by atoms with E-state index in [-0.39, 0.29) is 18.5 Å². The number of nitrogens with zero attached hydrogens (tertiary/aromatic N) is 1. The summed E-state index contributed by atoms with van der Waals surface area (Å²) in [5, 5.41) is 4.24. The van der Waals surface area contributed by atoms with Gasteiger partial charge in [-0.1, -0.05) is 0 Å². The van der Waals surface area contributed by atoms with Gasteiger partial charge in [-0.05, 0) is 24.3 Å². The molecule has 0 aliphatic carbocycles. The molecule has 0 radical (unpaired) electrons. The molecule has 1 fully saturated rings. The van der Waals surface area contributed by atoms with E-state index in [0.717, 1.165) is 24.0 Å². The smallest absolute Gasteiger partial charge is 0.410 e. The maximum Gasteiger partial charge on any atom is 0.415 e. The van der Waals surface area contributed by atoms with E-state index in [9.17, 15) is 4.79 Å². The first-order valence-electron chi connectivity index (χ1n) is 6.07. The Balaban J connectivity index is 0.00000133. The van der Waals surface area contributed by atoms with Crippen molar-refractivity contribution < 1.29 is 9.53 Å². The highest BCUT2D eigenvalue weighted by molar-refractivity contribution is 5.85. The fourth-order valence-corrected chi connectivity index (χ4v) is 2.11. The number of benzene rings is 1. The van der Waals surface area contributed by atoms with Crippen LogP contribution < -0.4 is 10.1 Å². The van der Waals surface area contributed by atoms with Crippen LogP contribution >= 0.6 is 12.4 Å². The molecule has 1 aliphatic heterocycles. The molecule has 1 aromatic carbocycles. The third kappa shape index (κ3) is 3.00. The quantitative estimate of drug-likeness (QED) is 0.840. The predicted molar refractivity (Wildman–Crippen MR) is 76.0 cm³/mol. The van der Waals surface area contributed by atoms with Gasteiger partial charge in [0.2, 0.25) is 0 Å². The first-order chi connectivity index (χ1) is 8.83. The third-order valence-corrected chi connectivity index (χ3v) is 3.11. The minimum atomic E-state index is -0.272. The first kappa shape index (κ1) is 13.7. The second-order valence-corrected chi connectivity index (χ2v) is 4.33. The van der Waals surface area contributed by atoms with Gasteiger partial charge in [0.05, 0.1) is 0 Å². The van der Waals surface area contributed by atoms with Gasteiger partial charge in [0.15, 0.2) is 0 Å². The van der Waals surface area contributed by atoms with E-state index in [1.165, 1.54) is 0 Å². The van der Waals surface area contributed by atoms with Crippen molar-refractivity contribution in [2.24, 2.45) is 0 Å². The summed E-state index contributed by atoms with van der Waals surface area (Å²) in [6, 6.07) is 7.54. The Hall–Kier alpha value is -1.72.